The molecule has 0 saturated heterocycles. The molecule has 0 radical (unpaired) electrons. The van der Waals surface area contributed by atoms with Crippen LogP contribution in [0.4, 0.5) is 4.39 Å². The van der Waals surface area contributed by atoms with E-state index in [2.05, 4.69) is 0 Å². The zero-order valence-corrected chi connectivity index (χ0v) is 7.67. The molecule has 3 nitrogen and oxygen atoms in total. The van der Waals surface area contributed by atoms with Gasteiger partial charge in [0, 0.05) is 11.1 Å². The standard InChI is InChI=1S/C10H9FO3/c1-13-9-3-2-6-7(10(9)11)4-14-5-8(6)12/h2-3H,4-5H2,1H3. The lowest BCUT2D eigenvalue weighted by atomic mass is 10.0. The zero-order chi connectivity index (χ0) is 10.1. The van der Waals surface area contributed by atoms with Gasteiger partial charge >= 0.3 is 0 Å². The highest BCUT2D eigenvalue weighted by molar-refractivity contribution is 5.99. The van der Waals surface area contributed by atoms with E-state index in [0.29, 0.717) is 11.1 Å². The van der Waals surface area contributed by atoms with Crippen LogP contribution < -0.4 is 4.74 Å². The van der Waals surface area contributed by atoms with E-state index in [1.165, 1.54) is 13.2 Å². The van der Waals surface area contributed by atoms with E-state index in [0.717, 1.165) is 0 Å². The Morgan fingerprint density at radius 2 is 2.21 bits per heavy atom. The lowest BCUT2D eigenvalue weighted by Crippen LogP contribution is -2.19. The Kier molecular flexibility index (Phi) is 2.21. The fourth-order valence-corrected chi connectivity index (χ4v) is 1.48. The van der Waals surface area contributed by atoms with Gasteiger partial charge in [-0.25, -0.2) is 4.39 Å². The van der Waals surface area contributed by atoms with Gasteiger partial charge in [0.1, 0.15) is 6.61 Å². The maximum atomic E-state index is 13.6. The molecule has 0 amide bonds. The molecule has 0 N–H and O–H groups in total. The minimum absolute atomic E-state index is 0.0266. The fourth-order valence-electron chi connectivity index (χ4n) is 1.48. The summed E-state index contributed by atoms with van der Waals surface area (Å²) >= 11 is 0. The van der Waals surface area contributed by atoms with Crippen molar-refractivity contribution in [2.75, 3.05) is 13.7 Å². The number of carbonyl (C=O) groups excluding carboxylic acids is 1. The number of hydrogen-bond donors (Lipinski definition) is 0. The molecule has 2 rings (SSSR count). The number of methoxy groups -OCH3 is 1. The maximum absolute atomic E-state index is 13.6. The first-order valence-electron chi connectivity index (χ1n) is 4.20. The second-order valence-electron chi connectivity index (χ2n) is 3.02. The van der Waals surface area contributed by atoms with Crippen molar-refractivity contribution in [1.82, 2.24) is 0 Å². The summed E-state index contributed by atoms with van der Waals surface area (Å²) in [6, 6.07) is 3.03. The van der Waals surface area contributed by atoms with Gasteiger partial charge in [-0.1, -0.05) is 0 Å². The van der Waals surface area contributed by atoms with E-state index < -0.39 is 5.82 Å². The Labute approximate surface area is 80.4 Å². The fraction of sp³-hybridized carbons (Fsp3) is 0.300. The van der Waals surface area contributed by atoms with Crippen molar-refractivity contribution >= 4 is 5.78 Å². The number of halogens is 1. The molecule has 1 aliphatic heterocycles. The van der Waals surface area contributed by atoms with Gasteiger partial charge in [-0.3, -0.25) is 4.79 Å². The SMILES string of the molecule is COc1ccc2c(c1F)COCC2=O. The number of Topliss-reactive ketones (excluding diaryl/α,β-unsaturated/α-hetero) is 1. The molecule has 1 aromatic carbocycles. The molecule has 1 aromatic rings. The van der Waals surface area contributed by atoms with Gasteiger partial charge in [0.05, 0.1) is 13.7 Å². The molecule has 0 fully saturated rings. The molecule has 4 heteroatoms. The molecule has 0 unspecified atom stereocenters. The summed E-state index contributed by atoms with van der Waals surface area (Å²) in [6.07, 6.45) is 0. The van der Waals surface area contributed by atoms with Crippen molar-refractivity contribution in [1.29, 1.82) is 0 Å². The number of hydrogen-bond acceptors (Lipinski definition) is 3. The highest BCUT2D eigenvalue weighted by atomic mass is 19.1. The predicted molar refractivity (Wildman–Crippen MR) is 46.9 cm³/mol. The number of fused-ring (bicyclic) bond motifs is 1. The monoisotopic (exact) mass is 196 g/mol. The van der Waals surface area contributed by atoms with E-state index in [1.54, 1.807) is 6.07 Å². The van der Waals surface area contributed by atoms with Crippen molar-refractivity contribution in [2.45, 2.75) is 6.61 Å². The van der Waals surface area contributed by atoms with Gasteiger partial charge in [-0.15, -0.1) is 0 Å². The van der Waals surface area contributed by atoms with Crippen molar-refractivity contribution < 1.29 is 18.7 Å². The average Bonchev–Trinajstić information content (AvgIpc) is 2.20. The van der Waals surface area contributed by atoms with Crippen LogP contribution in [0.2, 0.25) is 0 Å². The van der Waals surface area contributed by atoms with Gasteiger partial charge in [-0.2, -0.15) is 0 Å². The lowest BCUT2D eigenvalue weighted by molar-refractivity contribution is 0.0654. The average molecular weight is 196 g/mol. The predicted octanol–water partition coefficient (Wildman–Crippen LogP) is 1.55. The molecular formula is C10H9FO3. The Morgan fingerprint density at radius 1 is 1.43 bits per heavy atom. The van der Waals surface area contributed by atoms with Crippen LogP contribution in [0.25, 0.3) is 0 Å². The molecular weight excluding hydrogens is 187 g/mol. The van der Waals surface area contributed by atoms with Crippen LogP contribution in [-0.2, 0) is 11.3 Å². The molecule has 1 aliphatic rings. The molecule has 0 spiro atoms. The van der Waals surface area contributed by atoms with Gasteiger partial charge in [0.2, 0.25) is 0 Å². The molecule has 0 aromatic heterocycles. The van der Waals surface area contributed by atoms with Crippen LogP contribution in [0.15, 0.2) is 12.1 Å². The van der Waals surface area contributed by atoms with Gasteiger partial charge in [-0.05, 0) is 12.1 Å². The molecule has 14 heavy (non-hydrogen) atoms. The summed E-state index contributed by atoms with van der Waals surface area (Å²) in [7, 11) is 1.39. The number of ether oxygens (including phenoxy) is 2. The number of carbonyl (C=O) groups is 1. The maximum Gasteiger partial charge on any atom is 0.188 e. The molecule has 0 aliphatic carbocycles. The summed E-state index contributed by atoms with van der Waals surface area (Å²) < 4.78 is 23.3. The van der Waals surface area contributed by atoms with Crippen molar-refractivity contribution in [3.8, 4) is 5.75 Å². The van der Waals surface area contributed by atoms with Crippen LogP contribution in [0, 0.1) is 5.82 Å². The van der Waals surface area contributed by atoms with E-state index in [4.69, 9.17) is 9.47 Å². The summed E-state index contributed by atoms with van der Waals surface area (Å²) in [5.41, 5.74) is 0.690. The first kappa shape index (κ1) is 9.15. The van der Waals surface area contributed by atoms with Crippen LogP contribution in [-0.4, -0.2) is 19.5 Å². The Balaban J connectivity index is 2.57. The van der Waals surface area contributed by atoms with Crippen LogP contribution >= 0.6 is 0 Å². The first-order valence-corrected chi connectivity index (χ1v) is 4.20. The van der Waals surface area contributed by atoms with Crippen LogP contribution in [0.1, 0.15) is 15.9 Å². The number of ketones is 1. The smallest absolute Gasteiger partial charge is 0.188 e. The van der Waals surface area contributed by atoms with Gasteiger partial charge in [0.25, 0.3) is 0 Å². The Hall–Kier alpha value is -1.42. The lowest BCUT2D eigenvalue weighted by Gasteiger charge is -2.16. The largest absolute Gasteiger partial charge is 0.494 e. The second-order valence-corrected chi connectivity index (χ2v) is 3.02. The quantitative estimate of drug-likeness (QED) is 0.683. The van der Waals surface area contributed by atoms with Gasteiger partial charge < -0.3 is 9.47 Å². The number of rotatable bonds is 1. The summed E-state index contributed by atoms with van der Waals surface area (Å²) in [4.78, 5) is 11.3. The number of benzene rings is 1. The third-order valence-corrected chi connectivity index (χ3v) is 2.21. The Morgan fingerprint density at radius 3 is 2.93 bits per heavy atom. The molecule has 0 bridgehead atoms. The zero-order valence-electron chi connectivity index (χ0n) is 7.67. The van der Waals surface area contributed by atoms with Crippen molar-refractivity contribution in [2.24, 2.45) is 0 Å². The third-order valence-electron chi connectivity index (χ3n) is 2.21. The molecule has 0 saturated carbocycles. The third kappa shape index (κ3) is 1.28. The minimum atomic E-state index is -0.502. The molecule has 0 atom stereocenters. The van der Waals surface area contributed by atoms with Crippen LogP contribution in [0.3, 0.4) is 0 Å². The van der Waals surface area contributed by atoms with E-state index in [1.807, 2.05) is 0 Å². The van der Waals surface area contributed by atoms with Crippen molar-refractivity contribution in [3.63, 3.8) is 0 Å². The molecule has 1 heterocycles. The summed E-state index contributed by atoms with van der Waals surface area (Å²) in [5, 5.41) is 0. The first-order chi connectivity index (χ1) is 6.74. The van der Waals surface area contributed by atoms with E-state index >= 15 is 0 Å². The van der Waals surface area contributed by atoms with E-state index in [-0.39, 0.29) is 24.7 Å². The van der Waals surface area contributed by atoms with E-state index in [9.17, 15) is 9.18 Å². The highest BCUT2D eigenvalue weighted by Crippen LogP contribution is 2.26. The van der Waals surface area contributed by atoms with Crippen molar-refractivity contribution in [3.05, 3.63) is 29.1 Å². The van der Waals surface area contributed by atoms with Gasteiger partial charge in [0.15, 0.2) is 17.3 Å². The minimum Gasteiger partial charge on any atom is -0.494 e. The summed E-state index contributed by atoms with van der Waals surface area (Å²) in [6.45, 7) is 0.156. The summed E-state index contributed by atoms with van der Waals surface area (Å²) in [5.74, 6) is -0.548. The normalized spacial score (nSPS) is 15.1. The highest BCUT2D eigenvalue weighted by Gasteiger charge is 2.22. The topological polar surface area (TPSA) is 35.5 Å². The van der Waals surface area contributed by atoms with Crippen LogP contribution in [0.5, 0.6) is 5.75 Å². The Bertz CT molecular complexity index is 387. The second kappa shape index (κ2) is 3.38. The molecule has 74 valence electrons.